The molecule has 154 valence electrons. The highest BCUT2D eigenvalue weighted by Crippen LogP contribution is 2.16. The average molecular weight is 373 g/mol. The first-order valence-electron chi connectivity index (χ1n) is 10.4. The van der Waals surface area contributed by atoms with Crippen molar-refractivity contribution in [1.82, 2.24) is 0 Å². The second kappa shape index (κ2) is 17.3. The summed E-state index contributed by atoms with van der Waals surface area (Å²) >= 11 is 0. The molecular weight excluding hydrogens is 332 g/mol. The van der Waals surface area contributed by atoms with Crippen LogP contribution < -0.4 is 0 Å². The van der Waals surface area contributed by atoms with Gasteiger partial charge >= 0.3 is 11.9 Å². The molecule has 0 heterocycles. The van der Waals surface area contributed by atoms with Crippen LogP contribution >= 0.6 is 0 Å². The van der Waals surface area contributed by atoms with Crippen LogP contribution in [0.5, 0.6) is 0 Å². The molecule has 1 N–H and O–H groups in total. The predicted octanol–water partition coefficient (Wildman–Crippen LogP) is 5.36. The number of hydrogen-bond donors (Lipinski definition) is 1. The number of carbonyl (C=O) groups is 2. The van der Waals surface area contributed by atoms with Crippen molar-refractivity contribution in [3.8, 4) is 0 Å². The molecule has 5 nitrogen and oxygen atoms in total. The number of methoxy groups -OCH3 is 2. The lowest BCUT2D eigenvalue weighted by Gasteiger charge is -2.12. The van der Waals surface area contributed by atoms with Crippen molar-refractivity contribution >= 4 is 11.9 Å². The number of aliphatic carboxylic acids is 1. The van der Waals surface area contributed by atoms with Crippen molar-refractivity contribution in [3.05, 3.63) is 0 Å². The molecule has 2 atom stereocenters. The maximum Gasteiger partial charge on any atom is 0.320 e. The molecule has 0 bridgehead atoms. The van der Waals surface area contributed by atoms with E-state index in [0.29, 0.717) is 12.5 Å². The Morgan fingerprint density at radius 2 is 1.19 bits per heavy atom. The van der Waals surface area contributed by atoms with E-state index in [0.717, 1.165) is 25.7 Å². The Morgan fingerprint density at radius 1 is 0.769 bits per heavy atom. The van der Waals surface area contributed by atoms with Crippen LogP contribution in [0.1, 0.15) is 96.8 Å². The molecule has 0 aromatic heterocycles. The molecule has 0 aliphatic heterocycles. The number of unbranched alkanes of at least 4 members (excludes halogenated alkanes) is 10. The summed E-state index contributed by atoms with van der Waals surface area (Å²) in [5.41, 5.74) is 0. The minimum absolute atomic E-state index is 0.379. The van der Waals surface area contributed by atoms with Gasteiger partial charge in [-0.3, -0.25) is 9.59 Å². The quantitative estimate of drug-likeness (QED) is 0.199. The van der Waals surface area contributed by atoms with E-state index < -0.39 is 17.9 Å². The fourth-order valence-corrected chi connectivity index (χ4v) is 3.28. The van der Waals surface area contributed by atoms with E-state index in [2.05, 4.69) is 11.7 Å². The lowest BCUT2D eigenvalue weighted by molar-refractivity contribution is -0.157. The van der Waals surface area contributed by atoms with E-state index >= 15 is 0 Å². The summed E-state index contributed by atoms with van der Waals surface area (Å²) in [7, 11) is 3.04. The molecular formula is C21H40O5. The summed E-state index contributed by atoms with van der Waals surface area (Å²) < 4.78 is 9.92. The Kier molecular flexibility index (Phi) is 16.6. The number of hydrogen-bond acceptors (Lipinski definition) is 4. The summed E-state index contributed by atoms with van der Waals surface area (Å²) in [5, 5.41) is 9.00. The van der Waals surface area contributed by atoms with E-state index in [4.69, 9.17) is 9.84 Å². The van der Waals surface area contributed by atoms with Gasteiger partial charge in [0.2, 0.25) is 0 Å². The summed E-state index contributed by atoms with van der Waals surface area (Å²) in [5.74, 6) is -2.72. The molecule has 0 aromatic rings. The largest absolute Gasteiger partial charge is 0.481 e. The Balaban J connectivity index is 3.38. The fraction of sp³-hybridized carbons (Fsp3) is 0.905. The zero-order chi connectivity index (χ0) is 19.6. The van der Waals surface area contributed by atoms with Gasteiger partial charge in [0.1, 0.15) is 0 Å². The van der Waals surface area contributed by atoms with E-state index in [-0.39, 0.29) is 0 Å². The maximum absolute atomic E-state index is 11.3. The molecule has 0 fully saturated rings. The second-order valence-corrected chi connectivity index (χ2v) is 7.15. The minimum atomic E-state index is -1.08. The number of esters is 1. The van der Waals surface area contributed by atoms with Crippen LogP contribution in [0.15, 0.2) is 0 Å². The molecule has 0 radical (unpaired) electrons. The van der Waals surface area contributed by atoms with E-state index in [1.54, 1.807) is 7.11 Å². The lowest BCUT2D eigenvalue weighted by atomic mass is 10.00. The van der Waals surface area contributed by atoms with Gasteiger partial charge in [0, 0.05) is 7.11 Å². The summed E-state index contributed by atoms with van der Waals surface area (Å²) in [6.45, 7) is 2.18. The third-order valence-corrected chi connectivity index (χ3v) is 5.09. The molecule has 2 unspecified atom stereocenters. The van der Waals surface area contributed by atoms with Crippen molar-refractivity contribution in [1.29, 1.82) is 0 Å². The summed E-state index contributed by atoms with van der Waals surface area (Å²) in [6.07, 6.45) is 16.3. The monoisotopic (exact) mass is 372 g/mol. The van der Waals surface area contributed by atoms with Gasteiger partial charge in [-0.2, -0.15) is 0 Å². The van der Waals surface area contributed by atoms with Crippen molar-refractivity contribution in [2.24, 2.45) is 5.92 Å². The molecule has 0 rings (SSSR count). The number of rotatable bonds is 18. The van der Waals surface area contributed by atoms with Crippen molar-refractivity contribution in [3.63, 3.8) is 0 Å². The van der Waals surface area contributed by atoms with Crippen LogP contribution in [0.3, 0.4) is 0 Å². The van der Waals surface area contributed by atoms with Gasteiger partial charge in [-0.05, 0) is 19.3 Å². The SMILES string of the molecule is CCC(CCCCCCCCCCCCCC(C(=O)O)C(=O)OC)OC. The first-order chi connectivity index (χ1) is 12.6. The highest BCUT2D eigenvalue weighted by atomic mass is 16.5. The van der Waals surface area contributed by atoms with Crippen molar-refractivity contribution < 1.29 is 24.2 Å². The predicted molar refractivity (Wildman–Crippen MR) is 104 cm³/mol. The van der Waals surface area contributed by atoms with Crippen LogP contribution in [-0.2, 0) is 19.1 Å². The van der Waals surface area contributed by atoms with Crippen LogP contribution in [0.25, 0.3) is 0 Å². The zero-order valence-electron chi connectivity index (χ0n) is 17.1. The van der Waals surface area contributed by atoms with Gasteiger partial charge in [-0.1, -0.05) is 77.6 Å². The fourth-order valence-electron chi connectivity index (χ4n) is 3.28. The molecule has 0 aromatic carbocycles. The van der Waals surface area contributed by atoms with E-state index in [1.807, 2.05) is 0 Å². The summed E-state index contributed by atoms with van der Waals surface area (Å²) in [4.78, 5) is 22.3. The molecule has 0 saturated heterocycles. The van der Waals surface area contributed by atoms with Gasteiger partial charge in [-0.25, -0.2) is 0 Å². The lowest BCUT2D eigenvalue weighted by Crippen LogP contribution is -2.24. The van der Waals surface area contributed by atoms with Crippen LogP contribution in [0.4, 0.5) is 0 Å². The maximum atomic E-state index is 11.3. The Hall–Kier alpha value is -1.10. The molecule has 0 saturated carbocycles. The average Bonchev–Trinajstić information content (AvgIpc) is 2.64. The number of ether oxygens (including phenoxy) is 2. The van der Waals surface area contributed by atoms with Crippen LogP contribution in [-0.4, -0.2) is 37.4 Å². The molecule has 5 heteroatoms. The van der Waals surface area contributed by atoms with Gasteiger partial charge in [0.05, 0.1) is 13.2 Å². The third kappa shape index (κ3) is 13.2. The summed E-state index contributed by atoms with van der Waals surface area (Å²) in [6, 6.07) is 0. The second-order valence-electron chi connectivity index (χ2n) is 7.15. The zero-order valence-corrected chi connectivity index (χ0v) is 17.1. The van der Waals surface area contributed by atoms with Gasteiger partial charge in [0.15, 0.2) is 5.92 Å². The van der Waals surface area contributed by atoms with Crippen molar-refractivity contribution in [2.75, 3.05) is 14.2 Å². The smallest absolute Gasteiger partial charge is 0.320 e. The molecule has 26 heavy (non-hydrogen) atoms. The van der Waals surface area contributed by atoms with Gasteiger partial charge in [0.25, 0.3) is 0 Å². The van der Waals surface area contributed by atoms with Crippen LogP contribution in [0.2, 0.25) is 0 Å². The topological polar surface area (TPSA) is 72.8 Å². The Labute approximate surface area is 159 Å². The minimum Gasteiger partial charge on any atom is -0.481 e. The van der Waals surface area contributed by atoms with Gasteiger partial charge < -0.3 is 14.6 Å². The highest BCUT2D eigenvalue weighted by molar-refractivity contribution is 5.93. The Morgan fingerprint density at radius 3 is 1.54 bits per heavy atom. The normalized spacial score (nSPS) is 13.3. The Bertz CT molecular complexity index is 352. The molecule has 0 spiro atoms. The third-order valence-electron chi connectivity index (χ3n) is 5.09. The van der Waals surface area contributed by atoms with Crippen LogP contribution in [0, 0.1) is 5.92 Å². The van der Waals surface area contributed by atoms with E-state index in [1.165, 1.54) is 64.9 Å². The highest BCUT2D eigenvalue weighted by Gasteiger charge is 2.26. The molecule has 0 amide bonds. The molecule has 0 aliphatic rings. The van der Waals surface area contributed by atoms with Crippen molar-refractivity contribution in [2.45, 2.75) is 103 Å². The first kappa shape index (κ1) is 24.9. The number of carboxylic acid groups (broad SMARTS) is 1. The number of carboxylic acids is 1. The van der Waals surface area contributed by atoms with Gasteiger partial charge in [-0.15, -0.1) is 0 Å². The van der Waals surface area contributed by atoms with E-state index in [9.17, 15) is 9.59 Å². The standard InChI is InChI=1S/C21H40O5/c1-4-18(25-2)16-14-12-10-8-6-5-7-9-11-13-15-17-19(20(22)23)21(24)26-3/h18-19H,4-17H2,1-3H3,(H,22,23). The molecule has 0 aliphatic carbocycles. The first-order valence-corrected chi connectivity index (χ1v) is 10.4. The number of carbonyl (C=O) groups excluding carboxylic acids is 1.